The summed E-state index contributed by atoms with van der Waals surface area (Å²) in [5.74, 6) is 0.205. The van der Waals surface area contributed by atoms with Crippen LogP contribution in [0.3, 0.4) is 0 Å². The SMILES string of the molecule is O=C1/C(=C/c2ccc(F)cc2)[C@H](c2ccccc2)Oc2ccccc21. The number of fused-ring (bicyclic) bond motifs is 1. The van der Waals surface area contributed by atoms with Gasteiger partial charge in [0.1, 0.15) is 11.6 Å². The Kier molecular flexibility index (Phi) is 3.90. The molecule has 4 rings (SSSR count). The second kappa shape index (κ2) is 6.36. The number of benzene rings is 3. The molecule has 0 aromatic heterocycles. The van der Waals surface area contributed by atoms with Crippen molar-refractivity contribution < 1.29 is 13.9 Å². The first-order chi connectivity index (χ1) is 12.2. The molecule has 3 heteroatoms. The highest BCUT2D eigenvalue weighted by atomic mass is 19.1. The fourth-order valence-electron chi connectivity index (χ4n) is 2.98. The van der Waals surface area contributed by atoms with Gasteiger partial charge >= 0.3 is 0 Å². The lowest BCUT2D eigenvalue weighted by atomic mass is 9.89. The highest BCUT2D eigenvalue weighted by molar-refractivity contribution is 6.14. The number of carbonyl (C=O) groups excluding carboxylic acids is 1. The molecule has 25 heavy (non-hydrogen) atoms. The monoisotopic (exact) mass is 330 g/mol. The Bertz CT molecular complexity index is 943. The maximum atomic E-state index is 13.2. The molecule has 0 spiro atoms. The molecule has 0 unspecified atom stereocenters. The van der Waals surface area contributed by atoms with Gasteiger partial charge in [-0.3, -0.25) is 4.79 Å². The predicted octanol–water partition coefficient (Wildman–Crippen LogP) is 5.23. The number of hydrogen-bond donors (Lipinski definition) is 0. The summed E-state index contributed by atoms with van der Waals surface area (Å²) in [7, 11) is 0. The molecule has 0 fully saturated rings. The Morgan fingerprint density at radius 2 is 1.52 bits per heavy atom. The summed E-state index contributed by atoms with van der Waals surface area (Å²) < 4.78 is 19.3. The molecule has 1 aliphatic rings. The van der Waals surface area contributed by atoms with E-state index in [1.54, 1.807) is 30.3 Å². The van der Waals surface area contributed by atoms with Crippen molar-refractivity contribution in [3.63, 3.8) is 0 Å². The summed E-state index contributed by atoms with van der Waals surface area (Å²) in [5, 5.41) is 0. The van der Waals surface area contributed by atoms with Crippen molar-refractivity contribution in [2.45, 2.75) is 6.10 Å². The molecule has 0 aliphatic carbocycles. The van der Waals surface area contributed by atoms with Crippen LogP contribution in [-0.4, -0.2) is 5.78 Å². The molecule has 0 saturated heterocycles. The van der Waals surface area contributed by atoms with E-state index in [0.29, 0.717) is 16.9 Å². The fourth-order valence-corrected chi connectivity index (χ4v) is 2.98. The molecule has 1 aliphatic heterocycles. The molecular formula is C22H15FO2. The quantitative estimate of drug-likeness (QED) is 0.602. The van der Waals surface area contributed by atoms with Gasteiger partial charge in [-0.1, -0.05) is 54.6 Å². The summed E-state index contributed by atoms with van der Waals surface area (Å²) in [6, 6.07) is 22.9. The third-order valence-electron chi connectivity index (χ3n) is 4.22. The molecule has 0 saturated carbocycles. The maximum Gasteiger partial charge on any atom is 0.196 e. The number of Topliss-reactive ketones (excluding diaryl/α,β-unsaturated/α-hetero) is 1. The van der Waals surface area contributed by atoms with E-state index in [1.165, 1.54) is 12.1 Å². The fraction of sp³-hybridized carbons (Fsp3) is 0.0455. The van der Waals surface area contributed by atoms with Crippen molar-refractivity contribution in [3.05, 3.63) is 107 Å². The van der Waals surface area contributed by atoms with Crippen LogP contribution in [-0.2, 0) is 0 Å². The molecule has 3 aromatic rings. The number of carbonyl (C=O) groups is 1. The number of para-hydroxylation sites is 1. The zero-order chi connectivity index (χ0) is 17.2. The minimum Gasteiger partial charge on any atom is -0.480 e. The van der Waals surface area contributed by atoms with E-state index in [0.717, 1.165) is 11.1 Å². The Labute approximate surface area is 145 Å². The van der Waals surface area contributed by atoms with E-state index in [-0.39, 0.29) is 11.6 Å². The van der Waals surface area contributed by atoms with Crippen molar-refractivity contribution in [2.24, 2.45) is 0 Å². The van der Waals surface area contributed by atoms with Crippen LogP contribution in [0.1, 0.15) is 27.6 Å². The normalized spacial score (nSPS) is 17.9. The number of halogens is 1. The third kappa shape index (κ3) is 2.96. The van der Waals surface area contributed by atoms with Crippen LogP contribution in [0.5, 0.6) is 5.75 Å². The van der Waals surface area contributed by atoms with E-state index in [2.05, 4.69) is 0 Å². The van der Waals surface area contributed by atoms with Gasteiger partial charge in [0, 0.05) is 5.57 Å². The summed E-state index contributed by atoms with van der Waals surface area (Å²) in [6.45, 7) is 0. The topological polar surface area (TPSA) is 26.3 Å². The average molecular weight is 330 g/mol. The van der Waals surface area contributed by atoms with Crippen LogP contribution in [0.2, 0.25) is 0 Å². The Balaban J connectivity index is 1.85. The molecule has 0 amide bonds. The molecule has 0 N–H and O–H groups in total. The predicted molar refractivity (Wildman–Crippen MR) is 95.0 cm³/mol. The average Bonchev–Trinajstić information content (AvgIpc) is 2.66. The Morgan fingerprint density at radius 3 is 2.28 bits per heavy atom. The van der Waals surface area contributed by atoms with E-state index in [9.17, 15) is 9.18 Å². The van der Waals surface area contributed by atoms with Crippen LogP contribution in [0.15, 0.2) is 84.4 Å². The highest BCUT2D eigenvalue weighted by Gasteiger charge is 2.32. The van der Waals surface area contributed by atoms with Crippen LogP contribution in [0.25, 0.3) is 6.08 Å². The molecule has 0 radical (unpaired) electrons. The maximum absolute atomic E-state index is 13.2. The van der Waals surface area contributed by atoms with Gasteiger partial charge in [-0.15, -0.1) is 0 Å². The largest absolute Gasteiger partial charge is 0.480 e. The van der Waals surface area contributed by atoms with E-state index >= 15 is 0 Å². The molecule has 1 heterocycles. The number of ether oxygens (including phenoxy) is 1. The Hall–Kier alpha value is -3.20. The first kappa shape index (κ1) is 15.3. The molecule has 2 nitrogen and oxygen atoms in total. The lowest BCUT2D eigenvalue weighted by Gasteiger charge is -2.28. The van der Waals surface area contributed by atoms with Crippen molar-refractivity contribution >= 4 is 11.9 Å². The van der Waals surface area contributed by atoms with Crippen LogP contribution in [0, 0.1) is 5.82 Å². The summed E-state index contributed by atoms with van der Waals surface area (Å²) in [5.41, 5.74) is 2.74. The van der Waals surface area contributed by atoms with E-state index < -0.39 is 6.10 Å². The molecule has 3 aromatic carbocycles. The highest BCUT2D eigenvalue weighted by Crippen LogP contribution is 2.39. The van der Waals surface area contributed by atoms with Crippen molar-refractivity contribution in [3.8, 4) is 5.75 Å². The van der Waals surface area contributed by atoms with Gasteiger partial charge in [-0.05, 0) is 41.5 Å². The van der Waals surface area contributed by atoms with Gasteiger partial charge in [0.15, 0.2) is 11.9 Å². The second-order valence-corrected chi connectivity index (χ2v) is 5.89. The van der Waals surface area contributed by atoms with E-state index in [1.807, 2.05) is 42.5 Å². The van der Waals surface area contributed by atoms with Crippen molar-refractivity contribution in [2.75, 3.05) is 0 Å². The number of rotatable bonds is 2. The van der Waals surface area contributed by atoms with E-state index in [4.69, 9.17) is 4.74 Å². The molecule has 0 bridgehead atoms. The minimum atomic E-state index is -0.492. The first-order valence-corrected chi connectivity index (χ1v) is 8.05. The van der Waals surface area contributed by atoms with Gasteiger partial charge in [0.2, 0.25) is 0 Å². The zero-order valence-electron chi connectivity index (χ0n) is 13.4. The molecular weight excluding hydrogens is 315 g/mol. The van der Waals surface area contributed by atoms with Crippen LogP contribution >= 0.6 is 0 Å². The van der Waals surface area contributed by atoms with Crippen molar-refractivity contribution in [1.82, 2.24) is 0 Å². The number of hydrogen-bond acceptors (Lipinski definition) is 2. The summed E-state index contributed by atoms with van der Waals surface area (Å²) in [4.78, 5) is 13.0. The first-order valence-electron chi connectivity index (χ1n) is 8.05. The number of ketones is 1. The van der Waals surface area contributed by atoms with Crippen molar-refractivity contribution in [1.29, 1.82) is 0 Å². The summed E-state index contributed by atoms with van der Waals surface area (Å²) >= 11 is 0. The Morgan fingerprint density at radius 1 is 0.840 bits per heavy atom. The third-order valence-corrected chi connectivity index (χ3v) is 4.22. The lowest BCUT2D eigenvalue weighted by molar-refractivity contribution is 0.0963. The van der Waals surface area contributed by atoms with Gasteiger partial charge in [0.05, 0.1) is 5.56 Å². The second-order valence-electron chi connectivity index (χ2n) is 5.89. The summed E-state index contributed by atoms with van der Waals surface area (Å²) in [6.07, 6.45) is 1.28. The van der Waals surface area contributed by atoms with Gasteiger partial charge < -0.3 is 4.74 Å². The standard InChI is InChI=1S/C22H15FO2/c23-17-12-10-15(11-13-17)14-19-21(24)18-8-4-5-9-20(18)25-22(19)16-6-2-1-3-7-16/h1-14,22H/b19-14-/t22-/m0/s1. The molecule has 122 valence electrons. The minimum absolute atomic E-state index is 0.0694. The smallest absolute Gasteiger partial charge is 0.196 e. The lowest BCUT2D eigenvalue weighted by Crippen LogP contribution is -2.23. The van der Waals surface area contributed by atoms with Gasteiger partial charge in [0.25, 0.3) is 0 Å². The van der Waals surface area contributed by atoms with Gasteiger partial charge in [-0.25, -0.2) is 4.39 Å². The molecule has 1 atom stereocenters. The van der Waals surface area contributed by atoms with Crippen LogP contribution in [0.4, 0.5) is 4.39 Å². The zero-order valence-corrected chi connectivity index (χ0v) is 13.4. The van der Waals surface area contributed by atoms with Crippen LogP contribution < -0.4 is 4.74 Å². The van der Waals surface area contributed by atoms with Gasteiger partial charge in [-0.2, -0.15) is 0 Å².